The Hall–Kier alpha value is -1.30. The Labute approximate surface area is 97.0 Å². The molecular weight excluding hydrogens is 202 g/mol. The van der Waals surface area contributed by atoms with Gasteiger partial charge in [-0.3, -0.25) is 14.9 Å². The SMILES string of the molecule is C#CCCCCCC1(C)CCC(=O)NC1=O. The molecule has 0 bridgehead atoms. The Morgan fingerprint density at radius 2 is 2.12 bits per heavy atom. The molecule has 2 amide bonds. The lowest BCUT2D eigenvalue weighted by atomic mass is 9.77. The lowest BCUT2D eigenvalue weighted by Gasteiger charge is -2.31. The predicted molar refractivity (Wildman–Crippen MR) is 62.4 cm³/mol. The number of unbranched alkanes of at least 4 members (excludes halogenated alkanes) is 3. The van der Waals surface area contributed by atoms with Crippen LogP contribution in [0.4, 0.5) is 0 Å². The number of hydrogen-bond donors (Lipinski definition) is 1. The normalized spacial score (nSPS) is 25.0. The van der Waals surface area contributed by atoms with Gasteiger partial charge in [0.2, 0.25) is 11.8 Å². The van der Waals surface area contributed by atoms with Crippen LogP contribution in [0.15, 0.2) is 0 Å². The number of imide groups is 1. The van der Waals surface area contributed by atoms with Gasteiger partial charge in [-0.05, 0) is 19.3 Å². The minimum Gasteiger partial charge on any atom is -0.296 e. The van der Waals surface area contributed by atoms with Crippen molar-refractivity contribution < 1.29 is 9.59 Å². The van der Waals surface area contributed by atoms with Crippen molar-refractivity contribution in [2.45, 2.75) is 51.9 Å². The summed E-state index contributed by atoms with van der Waals surface area (Å²) in [5.41, 5.74) is -0.357. The van der Waals surface area contributed by atoms with Gasteiger partial charge in [0.05, 0.1) is 0 Å². The van der Waals surface area contributed by atoms with Gasteiger partial charge in [0.1, 0.15) is 0 Å². The van der Waals surface area contributed by atoms with E-state index >= 15 is 0 Å². The van der Waals surface area contributed by atoms with E-state index in [2.05, 4.69) is 11.2 Å². The molecule has 0 spiro atoms. The molecule has 0 saturated carbocycles. The van der Waals surface area contributed by atoms with Crippen molar-refractivity contribution in [3.63, 3.8) is 0 Å². The zero-order valence-corrected chi connectivity index (χ0v) is 9.84. The Morgan fingerprint density at radius 1 is 1.38 bits per heavy atom. The molecule has 1 heterocycles. The first-order valence-corrected chi connectivity index (χ1v) is 5.86. The van der Waals surface area contributed by atoms with E-state index in [9.17, 15) is 9.59 Å². The van der Waals surface area contributed by atoms with E-state index in [0.29, 0.717) is 12.8 Å². The number of piperidine rings is 1. The van der Waals surface area contributed by atoms with Gasteiger partial charge in [-0.2, -0.15) is 0 Å². The van der Waals surface area contributed by atoms with Gasteiger partial charge in [-0.25, -0.2) is 0 Å². The molecule has 3 nitrogen and oxygen atoms in total. The average Bonchev–Trinajstić information content (AvgIpc) is 2.24. The molecule has 1 N–H and O–H groups in total. The van der Waals surface area contributed by atoms with Gasteiger partial charge in [0.25, 0.3) is 0 Å². The summed E-state index contributed by atoms with van der Waals surface area (Å²) in [6.07, 6.45) is 11.0. The van der Waals surface area contributed by atoms with E-state index in [-0.39, 0.29) is 17.2 Å². The third-order valence-electron chi connectivity index (χ3n) is 3.25. The molecule has 1 aliphatic rings. The lowest BCUT2D eigenvalue weighted by Crippen LogP contribution is -2.47. The Balaban J connectivity index is 2.32. The van der Waals surface area contributed by atoms with Crippen molar-refractivity contribution in [1.29, 1.82) is 0 Å². The molecule has 1 atom stereocenters. The fourth-order valence-corrected chi connectivity index (χ4v) is 2.00. The van der Waals surface area contributed by atoms with Gasteiger partial charge in [-0.15, -0.1) is 12.3 Å². The molecule has 1 unspecified atom stereocenters. The van der Waals surface area contributed by atoms with Crippen LogP contribution in [0.5, 0.6) is 0 Å². The van der Waals surface area contributed by atoms with Crippen LogP contribution in [0, 0.1) is 17.8 Å². The van der Waals surface area contributed by atoms with Crippen LogP contribution in [-0.4, -0.2) is 11.8 Å². The number of terminal acetylenes is 1. The summed E-state index contributed by atoms with van der Waals surface area (Å²) in [7, 11) is 0. The summed E-state index contributed by atoms with van der Waals surface area (Å²) in [5.74, 6) is 2.35. The number of rotatable bonds is 5. The topological polar surface area (TPSA) is 46.2 Å². The first kappa shape index (κ1) is 12.8. The van der Waals surface area contributed by atoms with Crippen LogP contribution in [-0.2, 0) is 9.59 Å². The maximum absolute atomic E-state index is 11.7. The molecule has 0 radical (unpaired) electrons. The Kier molecular flexibility index (Phi) is 4.54. The molecule has 88 valence electrons. The first-order valence-electron chi connectivity index (χ1n) is 5.86. The van der Waals surface area contributed by atoms with Crippen LogP contribution in [0.1, 0.15) is 51.9 Å². The van der Waals surface area contributed by atoms with E-state index < -0.39 is 0 Å². The summed E-state index contributed by atoms with van der Waals surface area (Å²) in [6, 6.07) is 0. The van der Waals surface area contributed by atoms with Crippen LogP contribution in [0.25, 0.3) is 0 Å². The predicted octanol–water partition coefficient (Wildman–Crippen LogP) is 2.01. The summed E-state index contributed by atoms with van der Waals surface area (Å²) in [6.45, 7) is 1.94. The lowest BCUT2D eigenvalue weighted by molar-refractivity contribution is -0.141. The van der Waals surface area contributed by atoms with Crippen molar-refractivity contribution in [1.82, 2.24) is 5.32 Å². The molecule has 3 heteroatoms. The smallest absolute Gasteiger partial charge is 0.232 e. The second-order valence-electron chi connectivity index (χ2n) is 4.70. The molecule has 0 aromatic rings. The third kappa shape index (κ3) is 3.37. The maximum Gasteiger partial charge on any atom is 0.232 e. The summed E-state index contributed by atoms with van der Waals surface area (Å²) in [4.78, 5) is 22.7. The highest BCUT2D eigenvalue weighted by Crippen LogP contribution is 2.32. The zero-order chi connectivity index (χ0) is 12.0. The number of amides is 2. The van der Waals surface area contributed by atoms with Gasteiger partial charge in [0.15, 0.2) is 0 Å². The molecule has 0 aromatic carbocycles. The van der Waals surface area contributed by atoms with Crippen LogP contribution >= 0.6 is 0 Å². The van der Waals surface area contributed by atoms with Gasteiger partial charge < -0.3 is 0 Å². The average molecular weight is 221 g/mol. The summed E-state index contributed by atoms with van der Waals surface area (Å²) in [5, 5.41) is 2.41. The largest absolute Gasteiger partial charge is 0.296 e. The monoisotopic (exact) mass is 221 g/mol. The van der Waals surface area contributed by atoms with Crippen molar-refractivity contribution in [3.05, 3.63) is 0 Å². The Bertz CT molecular complexity index is 316. The van der Waals surface area contributed by atoms with E-state index in [1.165, 1.54) is 0 Å². The quantitative estimate of drug-likeness (QED) is 0.438. The maximum atomic E-state index is 11.7. The molecule has 1 saturated heterocycles. The first-order chi connectivity index (χ1) is 7.58. The summed E-state index contributed by atoms with van der Waals surface area (Å²) >= 11 is 0. The minimum absolute atomic E-state index is 0.110. The second-order valence-corrected chi connectivity index (χ2v) is 4.70. The molecule has 0 aliphatic carbocycles. The molecule has 1 fully saturated rings. The minimum atomic E-state index is -0.357. The second kappa shape index (κ2) is 5.69. The summed E-state index contributed by atoms with van der Waals surface area (Å²) < 4.78 is 0. The molecule has 1 rings (SSSR count). The van der Waals surface area contributed by atoms with E-state index in [1.54, 1.807) is 0 Å². The standard InChI is InChI=1S/C13H19NO2/c1-3-4-5-6-7-9-13(2)10-8-11(15)14-12(13)16/h1H,4-10H2,2H3,(H,14,15,16). The third-order valence-corrected chi connectivity index (χ3v) is 3.25. The van der Waals surface area contributed by atoms with Gasteiger partial charge >= 0.3 is 0 Å². The van der Waals surface area contributed by atoms with Crippen LogP contribution in [0.2, 0.25) is 0 Å². The van der Waals surface area contributed by atoms with Gasteiger partial charge in [-0.1, -0.05) is 19.8 Å². The van der Waals surface area contributed by atoms with Crippen LogP contribution in [0.3, 0.4) is 0 Å². The molecule has 0 aromatic heterocycles. The fourth-order valence-electron chi connectivity index (χ4n) is 2.00. The zero-order valence-electron chi connectivity index (χ0n) is 9.84. The van der Waals surface area contributed by atoms with Crippen LogP contribution < -0.4 is 5.32 Å². The van der Waals surface area contributed by atoms with E-state index in [4.69, 9.17) is 6.42 Å². The van der Waals surface area contributed by atoms with Crippen molar-refractivity contribution in [3.8, 4) is 12.3 Å². The molecular formula is C13H19NO2. The fraction of sp³-hybridized carbons (Fsp3) is 0.692. The van der Waals surface area contributed by atoms with Crippen molar-refractivity contribution in [2.75, 3.05) is 0 Å². The van der Waals surface area contributed by atoms with Gasteiger partial charge in [0, 0.05) is 18.3 Å². The number of hydrogen-bond acceptors (Lipinski definition) is 2. The number of nitrogens with one attached hydrogen (secondary N) is 1. The highest BCUT2D eigenvalue weighted by molar-refractivity contribution is 6.00. The molecule has 16 heavy (non-hydrogen) atoms. The molecule has 1 aliphatic heterocycles. The van der Waals surface area contributed by atoms with E-state index in [1.807, 2.05) is 6.92 Å². The van der Waals surface area contributed by atoms with E-state index in [0.717, 1.165) is 32.1 Å². The highest BCUT2D eigenvalue weighted by Gasteiger charge is 2.37. The van der Waals surface area contributed by atoms with Crippen molar-refractivity contribution in [2.24, 2.45) is 5.41 Å². The number of carbonyl (C=O) groups is 2. The highest BCUT2D eigenvalue weighted by atomic mass is 16.2. The Morgan fingerprint density at radius 3 is 2.75 bits per heavy atom. The van der Waals surface area contributed by atoms with Crippen molar-refractivity contribution >= 4 is 11.8 Å². The number of carbonyl (C=O) groups excluding carboxylic acids is 2.